The van der Waals surface area contributed by atoms with Crippen LogP contribution in [0, 0.1) is 0 Å². The number of hydrogen-bond donors (Lipinski definition) is 1. The predicted octanol–water partition coefficient (Wildman–Crippen LogP) is 2.59. The van der Waals surface area contributed by atoms with Crippen molar-refractivity contribution >= 4 is 10.8 Å². The maximum atomic E-state index is 4.17. The van der Waals surface area contributed by atoms with E-state index in [4.69, 9.17) is 0 Å². The van der Waals surface area contributed by atoms with Gasteiger partial charge in [0.1, 0.15) is 0 Å². The van der Waals surface area contributed by atoms with Crippen molar-refractivity contribution in [2.24, 2.45) is 0 Å². The molecular weight excluding hydrogens is 234 g/mol. The van der Waals surface area contributed by atoms with Crippen LogP contribution in [0.1, 0.15) is 24.9 Å². The van der Waals surface area contributed by atoms with Gasteiger partial charge < -0.3 is 5.32 Å². The summed E-state index contributed by atoms with van der Waals surface area (Å²) in [5.74, 6) is 0. The van der Waals surface area contributed by atoms with Crippen molar-refractivity contribution in [1.82, 2.24) is 15.2 Å². The lowest BCUT2D eigenvalue weighted by Crippen LogP contribution is -2.30. The first-order valence-corrected chi connectivity index (χ1v) is 7.13. The van der Waals surface area contributed by atoms with E-state index in [1.54, 1.807) is 0 Å². The second kappa shape index (κ2) is 5.68. The number of rotatable bonds is 2. The van der Waals surface area contributed by atoms with Gasteiger partial charge in [-0.15, -0.1) is 0 Å². The van der Waals surface area contributed by atoms with Crippen LogP contribution < -0.4 is 5.32 Å². The van der Waals surface area contributed by atoms with Crippen molar-refractivity contribution in [3.8, 4) is 0 Å². The lowest BCUT2D eigenvalue weighted by molar-refractivity contribution is 0.225. The van der Waals surface area contributed by atoms with Gasteiger partial charge in [0.05, 0.1) is 0 Å². The molecule has 0 saturated carbocycles. The van der Waals surface area contributed by atoms with Gasteiger partial charge in [0.15, 0.2) is 0 Å². The molecule has 1 N–H and O–H groups in total. The Kier molecular flexibility index (Phi) is 3.76. The topological polar surface area (TPSA) is 28.2 Å². The van der Waals surface area contributed by atoms with Gasteiger partial charge in [-0.05, 0) is 49.5 Å². The van der Waals surface area contributed by atoms with Gasteiger partial charge in [-0.3, -0.25) is 9.88 Å². The number of benzene rings is 1. The van der Waals surface area contributed by atoms with Crippen molar-refractivity contribution < 1.29 is 0 Å². The zero-order chi connectivity index (χ0) is 13.1. The highest BCUT2D eigenvalue weighted by atomic mass is 15.2. The van der Waals surface area contributed by atoms with E-state index in [2.05, 4.69) is 46.4 Å². The van der Waals surface area contributed by atoms with Gasteiger partial charge in [0.2, 0.25) is 0 Å². The molecule has 1 aliphatic rings. The zero-order valence-electron chi connectivity index (χ0n) is 11.5. The van der Waals surface area contributed by atoms with E-state index in [1.165, 1.54) is 29.3 Å². The molecule has 1 aromatic carbocycles. The van der Waals surface area contributed by atoms with E-state index in [-0.39, 0.29) is 0 Å². The van der Waals surface area contributed by atoms with E-state index in [9.17, 15) is 0 Å². The Morgan fingerprint density at radius 1 is 1.16 bits per heavy atom. The second-order valence-electron chi connectivity index (χ2n) is 5.30. The Labute approximate surface area is 114 Å². The predicted molar refractivity (Wildman–Crippen MR) is 79.2 cm³/mol. The van der Waals surface area contributed by atoms with Crippen LogP contribution >= 0.6 is 0 Å². The van der Waals surface area contributed by atoms with Crippen LogP contribution in [0.15, 0.2) is 36.7 Å². The molecule has 0 radical (unpaired) electrons. The Bertz CT molecular complexity index is 544. The average Bonchev–Trinajstić information content (AvgIpc) is 2.75. The molecule has 3 rings (SSSR count). The summed E-state index contributed by atoms with van der Waals surface area (Å²) >= 11 is 0. The molecule has 100 valence electrons. The number of hydrogen-bond acceptors (Lipinski definition) is 3. The van der Waals surface area contributed by atoms with Crippen molar-refractivity contribution in [2.45, 2.75) is 19.4 Å². The van der Waals surface area contributed by atoms with Crippen molar-refractivity contribution in [3.05, 3.63) is 42.2 Å². The molecule has 0 bridgehead atoms. The number of pyridine rings is 1. The van der Waals surface area contributed by atoms with E-state index in [0.29, 0.717) is 6.04 Å². The first-order chi connectivity index (χ1) is 9.34. The minimum atomic E-state index is 0.484. The Hall–Kier alpha value is -1.45. The molecule has 1 aliphatic heterocycles. The van der Waals surface area contributed by atoms with Crippen LogP contribution in [0.4, 0.5) is 0 Å². The summed E-state index contributed by atoms with van der Waals surface area (Å²) in [6, 6.07) is 9.31. The monoisotopic (exact) mass is 255 g/mol. The van der Waals surface area contributed by atoms with Crippen molar-refractivity contribution in [2.75, 3.05) is 26.2 Å². The lowest BCUT2D eigenvalue weighted by atomic mass is 10.0. The third kappa shape index (κ3) is 2.77. The van der Waals surface area contributed by atoms with E-state index in [1.807, 2.05) is 12.4 Å². The van der Waals surface area contributed by atoms with Crippen LogP contribution in [-0.2, 0) is 0 Å². The molecule has 1 atom stereocenters. The molecule has 19 heavy (non-hydrogen) atoms. The Morgan fingerprint density at radius 3 is 3.05 bits per heavy atom. The minimum absolute atomic E-state index is 0.484. The first kappa shape index (κ1) is 12.6. The van der Waals surface area contributed by atoms with E-state index in [0.717, 1.165) is 19.6 Å². The SMILES string of the molecule is CC(c1ccc2cnccc2c1)N1CCCNCC1. The Morgan fingerprint density at radius 2 is 2.11 bits per heavy atom. The molecular formula is C16H21N3. The van der Waals surface area contributed by atoms with Gasteiger partial charge in [0, 0.05) is 36.9 Å². The fourth-order valence-electron chi connectivity index (χ4n) is 2.83. The fraction of sp³-hybridized carbons (Fsp3) is 0.438. The molecule has 1 fully saturated rings. The minimum Gasteiger partial charge on any atom is -0.315 e. The largest absolute Gasteiger partial charge is 0.315 e. The third-order valence-corrected chi connectivity index (χ3v) is 4.07. The van der Waals surface area contributed by atoms with Gasteiger partial charge in [0.25, 0.3) is 0 Å². The zero-order valence-corrected chi connectivity index (χ0v) is 11.5. The molecule has 3 nitrogen and oxygen atoms in total. The lowest BCUT2D eigenvalue weighted by Gasteiger charge is -2.27. The molecule has 1 saturated heterocycles. The number of nitrogens with one attached hydrogen (secondary N) is 1. The van der Waals surface area contributed by atoms with Gasteiger partial charge in [-0.25, -0.2) is 0 Å². The summed E-state index contributed by atoms with van der Waals surface area (Å²) in [5, 5.41) is 5.97. The normalized spacial score (nSPS) is 19.2. The highest BCUT2D eigenvalue weighted by molar-refractivity contribution is 5.82. The van der Waals surface area contributed by atoms with Crippen LogP contribution in [-0.4, -0.2) is 36.1 Å². The molecule has 1 unspecified atom stereocenters. The molecule has 1 aromatic heterocycles. The first-order valence-electron chi connectivity index (χ1n) is 7.13. The maximum absolute atomic E-state index is 4.17. The Balaban J connectivity index is 1.85. The molecule has 3 heteroatoms. The van der Waals surface area contributed by atoms with Crippen molar-refractivity contribution in [3.63, 3.8) is 0 Å². The molecule has 0 spiro atoms. The summed E-state index contributed by atoms with van der Waals surface area (Å²) < 4.78 is 0. The summed E-state index contributed by atoms with van der Waals surface area (Å²) in [5.41, 5.74) is 1.40. The summed E-state index contributed by atoms with van der Waals surface area (Å²) in [7, 11) is 0. The van der Waals surface area contributed by atoms with Crippen LogP contribution in [0.3, 0.4) is 0 Å². The summed E-state index contributed by atoms with van der Waals surface area (Å²) in [6.07, 6.45) is 5.04. The van der Waals surface area contributed by atoms with Crippen LogP contribution in [0.25, 0.3) is 10.8 Å². The third-order valence-electron chi connectivity index (χ3n) is 4.07. The van der Waals surface area contributed by atoms with Crippen LogP contribution in [0.2, 0.25) is 0 Å². The van der Waals surface area contributed by atoms with Crippen molar-refractivity contribution in [1.29, 1.82) is 0 Å². The molecule has 0 aliphatic carbocycles. The smallest absolute Gasteiger partial charge is 0.0346 e. The quantitative estimate of drug-likeness (QED) is 0.894. The number of fused-ring (bicyclic) bond motifs is 1. The molecule has 0 amide bonds. The van der Waals surface area contributed by atoms with Gasteiger partial charge >= 0.3 is 0 Å². The summed E-state index contributed by atoms with van der Waals surface area (Å²) in [6.45, 7) is 6.88. The van der Waals surface area contributed by atoms with E-state index < -0.39 is 0 Å². The second-order valence-corrected chi connectivity index (χ2v) is 5.30. The fourth-order valence-corrected chi connectivity index (χ4v) is 2.83. The highest BCUT2D eigenvalue weighted by Crippen LogP contribution is 2.24. The maximum Gasteiger partial charge on any atom is 0.0346 e. The highest BCUT2D eigenvalue weighted by Gasteiger charge is 2.17. The number of aromatic nitrogens is 1. The van der Waals surface area contributed by atoms with Gasteiger partial charge in [-0.2, -0.15) is 0 Å². The number of nitrogens with zero attached hydrogens (tertiary/aromatic N) is 2. The molecule has 2 aromatic rings. The van der Waals surface area contributed by atoms with Crippen LogP contribution in [0.5, 0.6) is 0 Å². The standard InChI is InChI=1S/C16H21N3/c1-13(19-9-2-6-17-8-10-19)14-3-4-16-12-18-7-5-15(16)11-14/h3-5,7,11-13,17H,2,6,8-10H2,1H3. The van der Waals surface area contributed by atoms with E-state index >= 15 is 0 Å². The van der Waals surface area contributed by atoms with Gasteiger partial charge in [-0.1, -0.05) is 12.1 Å². The summed E-state index contributed by atoms with van der Waals surface area (Å²) in [4.78, 5) is 6.74. The molecule has 2 heterocycles. The average molecular weight is 255 g/mol.